The van der Waals surface area contributed by atoms with Crippen molar-refractivity contribution in [2.45, 2.75) is 33.4 Å². The van der Waals surface area contributed by atoms with E-state index >= 15 is 0 Å². The van der Waals surface area contributed by atoms with Crippen molar-refractivity contribution in [1.82, 2.24) is 10.1 Å². The van der Waals surface area contributed by atoms with Crippen LogP contribution in [0, 0.1) is 19.8 Å². The molecule has 0 aliphatic carbocycles. The molecule has 0 radical (unpaired) electrons. The zero-order chi connectivity index (χ0) is 11.0. The van der Waals surface area contributed by atoms with E-state index in [9.17, 15) is 0 Å². The van der Waals surface area contributed by atoms with Crippen molar-refractivity contribution < 1.29 is 4.52 Å². The molecule has 0 spiro atoms. The molecule has 16 heavy (non-hydrogen) atoms. The second kappa shape index (κ2) is 5.17. The predicted molar refractivity (Wildman–Crippen MR) is 65.6 cm³/mol. The minimum Gasteiger partial charge on any atom is -0.361 e. The summed E-state index contributed by atoms with van der Waals surface area (Å²) in [6, 6.07) is 0.311. The van der Waals surface area contributed by atoms with Gasteiger partial charge in [-0.15, -0.1) is 12.4 Å². The highest BCUT2D eigenvalue weighted by Gasteiger charge is 2.27. The van der Waals surface area contributed by atoms with E-state index in [1.165, 1.54) is 5.56 Å². The number of nitrogens with two attached hydrogens (primary N) is 1. The highest BCUT2D eigenvalue weighted by Crippen LogP contribution is 2.20. The third kappa shape index (κ3) is 2.56. The smallest absolute Gasteiger partial charge is 0.138 e. The lowest BCUT2D eigenvalue weighted by Gasteiger charge is -2.14. The number of nitrogens with zero attached hydrogens (tertiary/aromatic N) is 2. The molecular weight excluding hydrogens is 226 g/mol. The first-order valence-electron chi connectivity index (χ1n) is 5.47. The summed E-state index contributed by atoms with van der Waals surface area (Å²) in [5, 5.41) is 3.96. The standard InChI is InChI=1S/C11H19N3O.ClH/c1-7-4-14(6-11(7)12)5-10-8(2)13-15-9(10)3;/h7,11H,4-6,12H2,1-3H3;1H. The molecule has 0 amide bonds. The molecule has 1 aliphatic rings. The molecule has 4 nitrogen and oxygen atoms in total. The molecule has 0 aromatic carbocycles. The minimum absolute atomic E-state index is 0. The Bertz CT molecular complexity index is 323. The van der Waals surface area contributed by atoms with Crippen LogP contribution in [0.3, 0.4) is 0 Å². The summed E-state index contributed by atoms with van der Waals surface area (Å²) in [6.07, 6.45) is 0. The summed E-state index contributed by atoms with van der Waals surface area (Å²) < 4.78 is 5.15. The number of halogens is 1. The lowest BCUT2D eigenvalue weighted by Crippen LogP contribution is -2.28. The van der Waals surface area contributed by atoms with Crippen LogP contribution >= 0.6 is 12.4 Å². The summed E-state index contributed by atoms with van der Waals surface area (Å²) in [4.78, 5) is 2.38. The molecule has 2 atom stereocenters. The van der Waals surface area contributed by atoms with Gasteiger partial charge in [0.1, 0.15) is 5.76 Å². The Morgan fingerprint density at radius 3 is 2.56 bits per heavy atom. The Morgan fingerprint density at radius 2 is 2.12 bits per heavy atom. The van der Waals surface area contributed by atoms with Gasteiger partial charge in [-0.05, 0) is 19.8 Å². The van der Waals surface area contributed by atoms with Crippen molar-refractivity contribution in [3.63, 3.8) is 0 Å². The van der Waals surface area contributed by atoms with Gasteiger partial charge in [-0.3, -0.25) is 4.90 Å². The Morgan fingerprint density at radius 1 is 1.44 bits per heavy atom. The number of aromatic nitrogens is 1. The molecule has 2 unspecified atom stereocenters. The van der Waals surface area contributed by atoms with Gasteiger partial charge in [-0.1, -0.05) is 12.1 Å². The minimum atomic E-state index is 0. The zero-order valence-electron chi connectivity index (χ0n) is 10.1. The highest BCUT2D eigenvalue weighted by atomic mass is 35.5. The van der Waals surface area contributed by atoms with Crippen molar-refractivity contribution in [2.75, 3.05) is 13.1 Å². The van der Waals surface area contributed by atoms with Crippen LogP contribution in [0.25, 0.3) is 0 Å². The van der Waals surface area contributed by atoms with E-state index in [2.05, 4.69) is 17.0 Å². The summed E-state index contributed by atoms with van der Waals surface area (Å²) in [5.41, 5.74) is 8.21. The van der Waals surface area contributed by atoms with Gasteiger partial charge in [0.15, 0.2) is 0 Å². The van der Waals surface area contributed by atoms with Crippen LogP contribution in [0.1, 0.15) is 23.9 Å². The van der Waals surface area contributed by atoms with Gasteiger partial charge in [0.2, 0.25) is 0 Å². The number of aryl methyl sites for hydroxylation is 2. The third-order valence-corrected chi connectivity index (χ3v) is 3.31. The van der Waals surface area contributed by atoms with E-state index in [-0.39, 0.29) is 12.4 Å². The van der Waals surface area contributed by atoms with Crippen LogP contribution in [-0.4, -0.2) is 29.2 Å². The van der Waals surface area contributed by atoms with Crippen molar-refractivity contribution in [3.8, 4) is 0 Å². The molecular formula is C11H20ClN3O. The average molecular weight is 246 g/mol. The molecule has 1 aliphatic heterocycles. The summed E-state index contributed by atoms with van der Waals surface area (Å²) in [6.45, 7) is 9.13. The Labute approximate surface area is 103 Å². The van der Waals surface area contributed by atoms with Crippen molar-refractivity contribution in [3.05, 3.63) is 17.0 Å². The van der Waals surface area contributed by atoms with E-state index in [0.717, 1.165) is 31.1 Å². The first-order chi connectivity index (χ1) is 7.08. The number of likely N-dealkylation sites (tertiary alicyclic amines) is 1. The van der Waals surface area contributed by atoms with E-state index in [1.54, 1.807) is 0 Å². The van der Waals surface area contributed by atoms with Crippen LogP contribution in [-0.2, 0) is 6.54 Å². The van der Waals surface area contributed by atoms with Gasteiger partial charge in [0, 0.05) is 31.2 Å². The van der Waals surface area contributed by atoms with Crippen LogP contribution in [0.4, 0.5) is 0 Å². The fourth-order valence-corrected chi connectivity index (χ4v) is 2.18. The number of rotatable bonds is 2. The molecule has 2 heterocycles. The molecule has 1 aromatic rings. The van der Waals surface area contributed by atoms with Crippen LogP contribution < -0.4 is 5.73 Å². The maximum atomic E-state index is 5.99. The molecule has 1 fully saturated rings. The third-order valence-electron chi connectivity index (χ3n) is 3.31. The second-order valence-corrected chi connectivity index (χ2v) is 4.64. The fourth-order valence-electron chi connectivity index (χ4n) is 2.18. The van der Waals surface area contributed by atoms with Gasteiger partial charge >= 0.3 is 0 Å². The van der Waals surface area contributed by atoms with Gasteiger partial charge < -0.3 is 10.3 Å². The molecule has 2 rings (SSSR count). The summed E-state index contributed by atoms with van der Waals surface area (Å²) in [7, 11) is 0. The van der Waals surface area contributed by atoms with E-state index < -0.39 is 0 Å². The van der Waals surface area contributed by atoms with Crippen LogP contribution in [0.5, 0.6) is 0 Å². The predicted octanol–water partition coefficient (Wildman–Crippen LogP) is 1.49. The fraction of sp³-hybridized carbons (Fsp3) is 0.727. The molecule has 2 N–H and O–H groups in total. The summed E-state index contributed by atoms with van der Waals surface area (Å²) in [5.74, 6) is 1.52. The number of hydrogen-bond acceptors (Lipinski definition) is 4. The Hall–Kier alpha value is -0.580. The molecule has 0 bridgehead atoms. The van der Waals surface area contributed by atoms with Gasteiger partial charge in [0.25, 0.3) is 0 Å². The van der Waals surface area contributed by atoms with Crippen LogP contribution in [0.15, 0.2) is 4.52 Å². The lowest BCUT2D eigenvalue weighted by atomic mass is 10.1. The zero-order valence-corrected chi connectivity index (χ0v) is 10.9. The first kappa shape index (κ1) is 13.5. The second-order valence-electron chi connectivity index (χ2n) is 4.64. The van der Waals surface area contributed by atoms with Crippen LogP contribution in [0.2, 0.25) is 0 Å². The molecule has 92 valence electrons. The molecule has 1 aromatic heterocycles. The largest absolute Gasteiger partial charge is 0.361 e. The van der Waals surface area contributed by atoms with Crippen molar-refractivity contribution >= 4 is 12.4 Å². The van der Waals surface area contributed by atoms with Gasteiger partial charge in [-0.25, -0.2) is 0 Å². The molecule has 0 saturated carbocycles. The van der Waals surface area contributed by atoms with E-state index in [1.807, 2.05) is 13.8 Å². The van der Waals surface area contributed by atoms with Crippen molar-refractivity contribution in [2.24, 2.45) is 11.7 Å². The van der Waals surface area contributed by atoms with Gasteiger partial charge in [0.05, 0.1) is 5.69 Å². The maximum absolute atomic E-state index is 5.99. The van der Waals surface area contributed by atoms with E-state index in [4.69, 9.17) is 10.3 Å². The topological polar surface area (TPSA) is 55.3 Å². The summed E-state index contributed by atoms with van der Waals surface area (Å²) >= 11 is 0. The lowest BCUT2D eigenvalue weighted by molar-refractivity contribution is 0.315. The number of hydrogen-bond donors (Lipinski definition) is 1. The SMILES string of the molecule is Cc1noc(C)c1CN1CC(C)C(N)C1.Cl. The monoisotopic (exact) mass is 245 g/mol. The highest BCUT2D eigenvalue weighted by molar-refractivity contribution is 5.85. The van der Waals surface area contributed by atoms with Gasteiger partial charge in [-0.2, -0.15) is 0 Å². The van der Waals surface area contributed by atoms with E-state index in [0.29, 0.717) is 12.0 Å². The molecule has 1 saturated heterocycles. The molecule has 5 heteroatoms. The van der Waals surface area contributed by atoms with Crippen molar-refractivity contribution in [1.29, 1.82) is 0 Å². The first-order valence-corrected chi connectivity index (χ1v) is 5.47. The Kier molecular flexibility index (Phi) is 4.35. The Balaban J connectivity index is 0.00000128. The maximum Gasteiger partial charge on any atom is 0.138 e. The average Bonchev–Trinajstić information content (AvgIpc) is 2.64. The quantitative estimate of drug-likeness (QED) is 0.858. The normalized spacial score (nSPS) is 25.8.